The smallest absolute Gasteiger partial charge is 0.329 e. The van der Waals surface area contributed by atoms with Crippen molar-refractivity contribution >= 4 is 61.3 Å². The summed E-state index contributed by atoms with van der Waals surface area (Å²) in [5.74, 6) is -1.78. The lowest BCUT2D eigenvalue weighted by atomic mass is 10.3. The molecule has 0 radical (unpaired) electrons. The molecular formula is C8H6I2O5S. The molecule has 1 aromatic rings. The zero-order chi connectivity index (χ0) is 12.3. The number of halogens is 2. The van der Waals surface area contributed by atoms with Gasteiger partial charge in [0.1, 0.15) is 5.75 Å². The monoisotopic (exact) mass is 468 g/mol. The van der Waals surface area contributed by atoms with Crippen LogP contribution in [0.1, 0.15) is 0 Å². The minimum absolute atomic E-state index is 0.279. The molecule has 0 aromatic heterocycles. The highest BCUT2D eigenvalue weighted by Gasteiger charge is 2.16. The highest BCUT2D eigenvalue weighted by atomic mass is 127. The molecule has 0 heterocycles. The van der Waals surface area contributed by atoms with E-state index in [0.29, 0.717) is 3.57 Å². The lowest BCUT2D eigenvalue weighted by Crippen LogP contribution is -2.20. The Bertz CT molecular complexity index is 511. The fourth-order valence-electron chi connectivity index (χ4n) is 0.864. The molecule has 0 aliphatic carbocycles. The van der Waals surface area contributed by atoms with Crippen LogP contribution in [0.25, 0.3) is 0 Å². The molecule has 0 unspecified atom stereocenters. The van der Waals surface area contributed by atoms with Gasteiger partial charge in [-0.25, -0.2) is 0 Å². The summed E-state index contributed by atoms with van der Waals surface area (Å²) in [4.78, 5) is 11.1. The SMILES string of the molecule is O=C(CS(=O)(=O)O)Oc1cccc(I)c1I. The Kier molecular flexibility index (Phi) is 4.94. The third kappa shape index (κ3) is 4.51. The van der Waals surface area contributed by atoms with Crippen LogP contribution in [0, 0.1) is 7.14 Å². The van der Waals surface area contributed by atoms with Crippen LogP contribution in [0.4, 0.5) is 0 Å². The first kappa shape index (κ1) is 14.1. The zero-order valence-electron chi connectivity index (χ0n) is 7.68. The highest BCUT2D eigenvalue weighted by Crippen LogP contribution is 2.25. The van der Waals surface area contributed by atoms with Crippen molar-refractivity contribution in [3.05, 3.63) is 25.3 Å². The average Bonchev–Trinajstić information content (AvgIpc) is 2.09. The fraction of sp³-hybridized carbons (Fsp3) is 0.125. The number of rotatable bonds is 3. The average molecular weight is 468 g/mol. The maximum absolute atomic E-state index is 11.1. The Hall–Kier alpha value is 0.0600. The van der Waals surface area contributed by atoms with Gasteiger partial charge in [-0.1, -0.05) is 6.07 Å². The molecule has 0 fully saturated rings. The number of ether oxygens (including phenoxy) is 1. The Labute approximate surface area is 120 Å². The van der Waals surface area contributed by atoms with Gasteiger partial charge in [-0.15, -0.1) is 0 Å². The summed E-state index contributed by atoms with van der Waals surface area (Å²) in [6.07, 6.45) is 0. The molecule has 16 heavy (non-hydrogen) atoms. The quantitative estimate of drug-likeness (QED) is 0.316. The molecule has 0 spiro atoms. The number of carbonyl (C=O) groups excluding carboxylic acids is 1. The molecule has 0 aliphatic heterocycles. The molecule has 0 aliphatic rings. The molecule has 8 heteroatoms. The fourth-order valence-corrected chi connectivity index (χ4v) is 2.16. The highest BCUT2D eigenvalue weighted by molar-refractivity contribution is 14.1. The normalized spacial score (nSPS) is 11.2. The topological polar surface area (TPSA) is 80.7 Å². The van der Waals surface area contributed by atoms with E-state index < -0.39 is 21.8 Å². The summed E-state index contributed by atoms with van der Waals surface area (Å²) in [5.41, 5.74) is 0. The second-order valence-electron chi connectivity index (χ2n) is 2.75. The third-order valence-corrected chi connectivity index (χ3v) is 5.08. The van der Waals surface area contributed by atoms with Crippen LogP contribution in [0.3, 0.4) is 0 Å². The molecule has 1 rings (SSSR count). The maximum Gasteiger partial charge on any atom is 0.329 e. The van der Waals surface area contributed by atoms with Gasteiger partial charge < -0.3 is 4.74 Å². The van der Waals surface area contributed by atoms with E-state index in [1.54, 1.807) is 12.1 Å². The molecule has 0 amide bonds. The first-order valence-corrected chi connectivity index (χ1v) is 7.66. The largest absolute Gasteiger partial charge is 0.425 e. The Morgan fingerprint density at radius 2 is 2.00 bits per heavy atom. The van der Waals surface area contributed by atoms with Crippen molar-refractivity contribution in [1.29, 1.82) is 0 Å². The second kappa shape index (κ2) is 5.60. The van der Waals surface area contributed by atoms with Gasteiger partial charge in [0.2, 0.25) is 0 Å². The molecule has 0 saturated heterocycles. The summed E-state index contributed by atoms with van der Waals surface area (Å²) >= 11 is 4.04. The van der Waals surface area contributed by atoms with Crippen LogP contribution in [-0.4, -0.2) is 24.7 Å². The summed E-state index contributed by atoms with van der Waals surface area (Å²) < 4.78 is 35.7. The molecular weight excluding hydrogens is 462 g/mol. The summed E-state index contributed by atoms with van der Waals surface area (Å²) in [6, 6.07) is 5.05. The standard InChI is InChI=1S/C8H6I2O5S/c9-5-2-1-3-6(8(5)10)15-7(11)4-16(12,13)14/h1-3H,4H2,(H,12,13,14). The van der Waals surface area contributed by atoms with Crippen molar-refractivity contribution in [3.8, 4) is 5.75 Å². The minimum atomic E-state index is -4.35. The zero-order valence-corrected chi connectivity index (χ0v) is 12.8. The number of benzene rings is 1. The molecule has 88 valence electrons. The van der Waals surface area contributed by atoms with E-state index in [1.165, 1.54) is 0 Å². The van der Waals surface area contributed by atoms with Crippen LogP contribution in [0.2, 0.25) is 0 Å². The van der Waals surface area contributed by atoms with E-state index in [1.807, 2.05) is 28.7 Å². The van der Waals surface area contributed by atoms with E-state index in [0.717, 1.165) is 3.57 Å². The number of hydrogen-bond acceptors (Lipinski definition) is 4. The van der Waals surface area contributed by atoms with Crippen molar-refractivity contribution in [1.82, 2.24) is 0 Å². The van der Waals surface area contributed by atoms with E-state index in [4.69, 9.17) is 9.29 Å². The number of hydrogen-bond donors (Lipinski definition) is 1. The van der Waals surface area contributed by atoms with E-state index in [9.17, 15) is 13.2 Å². The summed E-state index contributed by atoms with van der Waals surface area (Å²) in [6.45, 7) is 0. The first-order chi connectivity index (χ1) is 7.29. The van der Waals surface area contributed by atoms with Crippen molar-refractivity contribution in [2.45, 2.75) is 0 Å². The molecule has 0 atom stereocenters. The van der Waals surface area contributed by atoms with Crippen molar-refractivity contribution in [2.24, 2.45) is 0 Å². The Morgan fingerprint density at radius 1 is 1.38 bits per heavy atom. The van der Waals surface area contributed by atoms with Crippen LogP contribution >= 0.6 is 45.2 Å². The van der Waals surface area contributed by atoms with Crippen molar-refractivity contribution < 1.29 is 22.5 Å². The van der Waals surface area contributed by atoms with E-state index in [-0.39, 0.29) is 5.75 Å². The van der Waals surface area contributed by atoms with Crippen LogP contribution in [0.15, 0.2) is 18.2 Å². The minimum Gasteiger partial charge on any atom is -0.425 e. The van der Waals surface area contributed by atoms with Gasteiger partial charge in [-0.3, -0.25) is 9.35 Å². The predicted molar refractivity (Wildman–Crippen MR) is 73.9 cm³/mol. The van der Waals surface area contributed by atoms with Gasteiger partial charge in [0.15, 0.2) is 5.75 Å². The van der Waals surface area contributed by atoms with Crippen molar-refractivity contribution in [2.75, 3.05) is 5.75 Å². The van der Waals surface area contributed by atoms with Gasteiger partial charge in [-0.2, -0.15) is 8.42 Å². The van der Waals surface area contributed by atoms with Gasteiger partial charge in [0.25, 0.3) is 10.1 Å². The summed E-state index contributed by atoms with van der Waals surface area (Å²) in [5, 5.41) is 0. The molecule has 0 saturated carbocycles. The maximum atomic E-state index is 11.1. The van der Waals surface area contributed by atoms with E-state index >= 15 is 0 Å². The second-order valence-corrected chi connectivity index (χ2v) is 6.45. The lowest BCUT2D eigenvalue weighted by molar-refractivity contribution is -0.131. The van der Waals surface area contributed by atoms with E-state index in [2.05, 4.69) is 22.6 Å². The van der Waals surface area contributed by atoms with Gasteiger partial charge in [0.05, 0.1) is 3.57 Å². The molecule has 5 nitrogen and oxygen atoms in total. The van der Waals surface area contributed by atoms with Crippen LogP contribution in [0.5, 0.6) is 5.75 Å². The Balaban J connectivity index is 2.82. The van der Waals surface area contributed by atoms with Crippen LogP contribution < -0.4 is 4.74 Å². The third-order valence-electron chi connectivity index (χ3n) is 1.44. The number of esters is 1. The molecule has 0 bridgehead atoms. The number of carbonyl (C=O) groups is 1. The van der Waals surface area contributed by atoms with Gasteiger partial charge in [0, 0.05) is 3.57 Å². The predicted octanol–water partition coefficient (Wildman–Crippen LogP) is 1.69. The van der Waals surface area contributed by atoms with Gasteiger partial charge >= 0.3 is 5.97 Å². The van der Waals surface area contributed by atoms with Crippen LogP contribution in [-0.2, 0) is 14.9 Å². The Morgan fingerprint density at radius 3 is 2.56 bits per heavy atom. The lowest BCUT2D eigenvalue weighted by Gasteiger charge is -2.06. The molecule has 1 aromatic carbocycles. The van der Waals surface area contributed by atoms with Crippen molar-refractivity contribution in [3.63, 3.8) is 0 Å². The van der Waals surface area contributed by atoms with Gasteiger partial charge in [-0.05, 0) is 57.3 Å². The first-order valence-electron chi connectivity index (χ1n) is 3.89. The summed E-state index contributed by atoms with van der Waals surface area (Å²) in [7, 11) is -4.35. The molecule has 1 N–H and O–H groups in total.